The zero-order chi connectivity index (χ0) is 25.9. The summed E-state index contributed by atoms with van der Waals surface area (Å²) in [5.41, 5.74) is 2.08. The van der Waals surface area contributed by atoms with Crippen LogP contribution in [0.3, 0.4) is 0 Å². The van der Waals surface area contributed by atoms with Gasteiger partial charge in [0.05, 0.1) is 17.3 Å². The molecule has 10 heteroatoms. The summed E-state index contributed by atoms with van der Waals surface area (Å²) in [4.78, 5) is 42.4. The summed E-state index contributed by atoms with van der Waals surface area (Å²) in [7, 11) is 1.63. The topological polar surface area (TPSA) is 108 Å². The first-order valence-electron chi connectivity index (χ1n) is 10.9. The van der Waals surface area contributed by atoms with Crippen molar-refractivity contribution in [2.75, 3.05) is 19.0 Å². The first-order valence-corrected chi connectivity index (χ1v) is 11.3. The van der Waals surface area contributed by atoms with Crippen LogP contribution in [0.4, 0.5) is 14.9 Å². The third kappa shape index (κ3) is 6.64. The van der Waals surface area contributed by atoms with Gasteiger partial charge >= 0.3 is 17.9 Å². The molecule has 2 aromatic carbocycles. The van der Waals surface area contributed by atoms with E-state index in [0.29, 0.717) is 24.2 Å². The maximum atomic E-state index is 13.6. The number of hydrogen-bond donors (Lipinski definition) is 2. The molecule has 3 rings (SSSR count). The van der Waals surface area contributed by atoms with Gasteiger partial charge in [-0.1, -0.05) is 29.8 Å². The van der Waals surface area contributed by atoms with Crippen LogP contribution in [0.2, 0.25) is 5.02 Å². The van der Waals surface area contributed by atoms with E-state index in [2.05, 4.69) is 10.3 Å². The van der Waals surface area contributed by atoms with E-state index >= 15 is 0 Å². The third-order valence-electron chi connectivity index (χ3n) is 5.24. The lowest BCUT2D eigenvalue weighted by Crippen LogP contribution is -2.33. The molecule has 2 aromatic rings. The number of nitrogens with zero attached hydrogens (tertiary/aromatic N) is 2. The Kier molecular flexibility index (Phi) is 7.92. The first kappa shape index (κ1) is 26.3. The maximum absolute atomic E-state index is 13.6. The zero-order valence-corrected chi connectivity index (χ0v) is 20.6. The van der Waals surface area contributed by atoms with Crippen LogP contribution in [-0.2, 0) is 27.3 Å². The van der Waals surface area contributed by atoms with Crippen molar-refractivity contribution in [3.8, 4) is 0 Å². The molecule has 0 spiro atoms. The summed E-state index contributed by atoms with van der Waals surface area (Å²) in [5, 5.41) is 12.0. The Bertz CT molecular complexity index is 1190. The molecule has 0 aromatic heterocycles. The molecule has 8 nitrogen and oxygen atoms in total. The standard InChI is InChI=1S/C25H27ClFN3O5/c1-25(2,3)35-24(34)30(4)12-14-5-7-18-15(9-14)10-16(13-31)21(18)29-23(33)22(32)28-17-6-8-19(26)20(27)11-17/h5-9,11,16,31H,10,12-13H2,1-4H3,(H,28,32)/b29-21+/t16-/m1/s1. The fraction of sp³-hybridized carbons (Fsp3) is 0.360. The fourth-order valence-electron chi connectivity index (χ4n) is 3.65. The van der Waals surface area contributed by atoms with Crippen LogP contribution in [0.5, 0.6) is 0 Å². The third-order valence-corrected chi connectivity index (χ3v) is 5.54. The minimum atomic E-state index is -1.07. The molecule has 0 radical (unpaired) electrons. The molecule has 0 saturated carbocycles. The Morgan fingerprint density at radius 2 is 1.94 bits per heavy atom. The summed E-state index contributed by atoms with van der Waals surface area (Å²) in [6, 6.07) is 9.04. The molecule has 2 N–H and O–H groups in total. The zero-order valence-electron chi connectivity index (χ0n) is 19.9. The van der Waals surface area contributed by atoms with Gasteiger partial charge in [-0.2, -0.15) is 0 Å². The summed E-state index contributed by atoms with van der Waals surface area (Å²) >= 11 is 5.63. The number of nitrogens with one attached hydrogen (secondary N) is 1. The number of fused-ring (bicyclic) bond motifs is 1. The molecule has 0 saturated heterocycles. The average molecular weight is 504 g/mol. The molecule has 3 amide bonds. The van der Waals surface area contributed by atoms with E-state index in [0.717, 1.165) is 17.2 Å². The minimum absolute atomic E-state index is 0.0646. The number of aliphatic hydroxyl groups is 1. The molecule has 0 aliphatic heterocycles. The van der Waals surface area contributed by atoms with Crippen molar-refractivity contribution in [3.63, 3.8) is 0 Å². The number of ether oxygens (including phenoxy) is 1. The molecule has 0 unspecified atom stereocenters. The lowest BCUT2D eigenvalue weighted by atomic mass is 10.0. The summed E-state index contributed by atoms with van der Waals surface area (Å²) < 4.78 is 19.0. The number of hydrogen-bond acceptors (Lipinski definition) is 5. The van der Waals surface area contributed by atoms with Crippen LogP contribution in [0.1, 0.15) is 37.5 Å². The Morgan fingerprint density at radius 3 is 2.57 bits per heavy atom. The van der Waals surface area contributed by atoms with Crippen molar-refractivity contribution in [3.05, 3.63) is 63.9 Å². The Labute approximate surface area is 207 Å². The fourth-order valence-corrected chi connectivity index (χ4v) is 3.76. The van der Waals surface area contributed by atoms with Crippen LogP contribution >= 0.6 is 11.6 Å². The molecule has 1 atom stereocenters. The van der Waals surface area contributed by atoms with Gasteiger partial charge in [0.2, 0.25) is 0 Å². The number of aliphatic hydroxyl groups excluding tert-OH is 1. The predicted octanol–water partition coefficient (Wildman–Crippen LogP) is 3.97. The van der Waals surface area contributed by atoms with E-state index in [9.17, 15) is 23.9 Å². The SMILES string of the molecule is CN(Cc1ccc2c(c1)C[C@H](CO)/C2=N\C(=O)C(=O)Nc1ccc(Cl)c(F)c1)C(=O)OC(C)(C)C. The summed E-state index contributed by atoms with van der Waals surface area (Å²) in [6.45, 7) is 5.41. The highest BCUT2D eigenvalue weighted by Crippen LogP contribution is 2.29. The number of carbonyl (C=O) groups is 3. The van der Waals surface area contributed by atoms with E-state index < -0.39 is 35.2 Å². The van der Waals surface area contributed by atoms with Gasteiger partial charge in [0, 0.05) is 25.2 Å². The van der Waals surface area contributed by atoms with Gasteiger partial charge in [-0.15, -0.1) is 0 Å². The highest BCUT2D eigenvalue weighted by molar-refractivity contribution is 6.42. The van der Waals surface area contributed by atoms with Crippen LogP contribution < -0.4 is 5.32 Å². The number of anilines is 1. The second-order valence-electron chi connectivity index (χ2n) is 9.30. The van der Waals surface area contributed by atoms with Crippen molar-refractivity contribution in [1.29, 1.82) is 0 Å². The normalized spacial score (nSPS) is 16.1. The second-order valence-corrected chi connectivity index (χ2v) is 9.70. The molecule has 0 fully saturated rings. The van der Waals surface area contributed by atoms with Gasteiger partial charge in [-0.05, 0) is 62.1 Å². The van der Waals surface area contributed by atoms with E-state index in [4.69, 9.17) is 16.3 Å². The van der Waals surface area contributed by atoms with Gasteiger partial charge in [0.25, 0.3) is 0 Å². The smallest absolute Gasteiger partial charge is 0.410 e. The Balaban J connectivity index is 1.76. The predicted molar refractivity (Wildman–Crippen MR) is 130 cm³/mol. The maximum Gasteiger partial charge on any atom is 0.410 e. The number of benzene rings is 2. The number of amides is 3. The lowest BCUT2D eigenvalue weighted by molar-refractivity contribution is -0.134. The second kappa shape index (κ2) is 10.5. The van der Waals surface area contributed by atoms with Gasteiger partial charge in [0.1, 0.15) is 11.4 Å². The van der Waals surface area contributed by atoms with Crippen molar-refractivity contribution in [2.45, 2.75) is 39.3 Å². The van der Waals surface area contributed by atoms with E-state index in [1.807, 2.05) is 6.07 Å². The van der Waals surface area contributed by atoms with Gasteiger partial charge in [-0.3, -0.25) is 9.59 Å². The van der Waals surface area contributed by atoms with E-state index in [1.54, 1.807) is 40.0 Å². The highest BCUT2D eigenvalue weighted by atomic mass is 35.5. The van der Waals surface area contributed by atoms with Crippen LogP contribution in [0.15, 0.2) is 41.4 Å². The molecule has 0 heterocycles. The van der Waals surface area contributed by atoms with E-state index in [1.165, 1.54) is 17.0 Å². The largest absolute Gasteiger partial charge is 0.444 e. The quantitative estimate of drug-likeness (QED) is 0.614. The first-order chi connectivity index (χ1) is 16.4. The van der Waals surface area contributed by atoms with Crippen molar-refractivity contribution < 1.29 is 28.6 Å². The molecule has 0 bridgehead atoms. The average Bonchev–Trinajstić information content (AvgIpc) is 3.11. The van der Waals surface area contributed by atoms with Gasteiger partial charge in [-0.25, -0.2) is 14.2 Å². The van der Waals surface area contributed by atoms with Crippen molar-refractivity contribution in [2.24, 2.45) is 10.9 Å². The number of carbonyl (C=O) groups excluding carboxylic acids is 3. The molecule has 186 valence electrons. The Morgan fingerprint density at radius 1 is 1.23 bits per heavy atom. The van der Waals surface area contributed by atoms with Gasteiger partial charge in [0.15, 0.2) is 0 Å². The van der Waals surface area contributed by atoms with Crippen molar-refractivity contribution >= 4 is 40.9 Å². The molecule has 35 heavy (non-hydrogen) atoms. The molecular formula is C25H27ClFN3O5. The number of rotatable bonds is 4. The van der Waals surface area contributed by atoms with E-state index in [-0.39, 0.29) is 17.3 Å². The van der Waals surface area contributed by atoms with Crippen LogP contribution in [-0.4, -0.2) is 52.9 Å². The van der Waals surface area contributed by atoms with Crippen LogP contribution in [0.25, 0.3) is 0 Å². The molecule has 1 aliphatic carbocycles. The molecule has 1 aliphatic rings. The monoisotopic (exact) mass is 503 g/mol. The highest BCUT2D eigenvalue weighted by Gasteiger charge is 2.30. The lowest BCUT2D eigenvalue weighted by Gasteiger charge is -2.24. The van der Waals surface area contributed by atoms with Crippen LogP contribution in [0, 0.1) is 11.7 Å². The van der Waals surface area contributed by atoms with Gasteiger partial charge < -0.3 is 20.1 Å². The van der Waals surface area contributed by atoms with Crippen molar-refractivity contribution in [1.82, 2.24) is 4.90 Å². The Hall–Kier alpha value is -3.30. The minimum Gasteiger partial charge on any atom is -0.444 e. The number of aliphatic imine (C=N–C) groups is 1. The number of halogens is 2. The summed E-state index contributed by atoms with van der Waals surface area (Å²) in [6.07, 6.45) is -0.0305. The molecular weight excluding hydrogens is 477 g/mol. The summed E-state index contributed by atoms with van der Waals surface area (Å²) in [5.74, 6) is -3.31.